The van der Waals surface area contributed by atoms with Gasteiger partial charge in [-0.25, -0.2) is 0 Å². The Balaban J connectivity index is 2.31. The van der Waals surface area contributed by atoms with Crippen molar-refractivity contribution >= 4 is 11.3 Å². The summed E-state index contributed by atoms with van der Waals surface area (Å²) in [7, 11) is 0. The van der Waals surface area contributed by atoms with Crippen LogP contribution in [0, 0.1) is 5.92 Å². The fourth-order valence-electron chi connectivity index (χ4n) is 2.87. The lowest BCUT2D eigenvalue weighted by atomic mass is 9.89. The Labute approximate surface area is 140 Å². The fourth-order valence-corrected chi connectivity index (χ4v) is 3.59. The summed E-state index contributed by atoms with van der Waals surface area (Å²) in [6.07, 6.45) is 0.287. The Morgan fingerprint density at radius 3 is 2.48 bits per heavy atom. The van der Waals surface area contributed by atoms with E-state index in [1.807, 2.05) is 23.6 Å². The van der Waals surface area contributed by atoms with Crippen molar-refractivity contribution in [2.75, 3.05) is 0 Å². The minimum Gasteiger partial charge on any atom is -0.166 e. The summed E-state index contributed by atoms with van der Waals surface area (Å²) in [5.41, 5.74) is 0.608. The first-order valence-electron chi connectivity index (χ1n) is 8.19. The highest BCUT2D eigenvalue weighted by molar-refractivity contribution is 7.13. The summed E-state index contributed by atoms with van der Waals surface area (Å²) in [6.45, 7) is 4.18. The van der Waals surface area contributed by atoms with Crippen LogP contribution in [0.25, 0.3) is 10.4 Å². The molecule has 1 aromatic carbocycles. The highest BCUT2D eigenvalue weighted by Gasteiger charge is 2.34. The molecule has 1 heterocycles. The maximum Gasteiger partial charge on any atom is 0.416 e. The molecule has 0 saturated heterocycles. The largest absolute Gasteiger partial charge is 0.416 e. The molecule has 2 aromatic rings. The van der Waals surface area contributed by atoms with Crippen LogP contribution in [0.5, 0.6) is 0 Å². The van der Waals surface area contributed by atoms with Crippen LogP contribution >= 0.6 is 11.3 Å². The number of hydrogen-bond acceptors (Lipinski definition) is 1. The second-order valence-electron chi connectivity index (χ2n) is 5.97. The zero-order chi connectivity index (χ0) is 16.9. The van der Waals surface area contributed by atoms with Crippen LogP contribution < -0.4 is 0 Å². The number of hydrogen-bond donors (Lipinski definition) is 0. The van der Waals surface area contributed by atoms with Gasteiger partial charge in [0.15, 0.2) is 0 Å². The molecule has 1 aromatic heterocycles. The average molecular weight is 340 g/mol. The number of thiophene rings is 1. The van der Waals surface area contributed by atoms with Gasteiger partial charge in [-0.15, -0.1) is 11.3 Å². The average Bonchev–Trinajstić information content (AvgIpc) is 3.05. The van der Waals surface area contributed by atoms with Crippen molar-refractivity contribution in [3.8, 4) is 10.4 Å². The molecule has 0 aliphatic rings. The monoisotopic (exact) mass is 340 g/mol. The Hall–Kier alpha value is -1.29. The topological polar surface area (TPSA) is 0 Å². The first kappa shape index (κ1) is 18.1. The smallest absolute Gasteiger partial charge is 0.166 e. The Morgan fingerprint density at radius 2 is 1.91 bits per heavy atom. The van der Waals surface area contributed by atoms with E-state index in [2.05, 4.69) is 13.8 Å². The number of rotatable bonds is 7. The summed E-state index contributed by atoms with van der Waals surface area (Å²) in [6, 6.07) is 8.53. The molecule has 0 radical (unpaired) electrons. The predicted molar refractivity (Wildman–Crippen MR) is 91.8 cm³/mol. The summed E-state index contributed by atoms with van der Waals surface area (Å²) in [5.74, 6) is 0.323. The van der Waals surface area contributed by atoms with Crippen molar-refractivity contribution in [3.63, 3.8) is 0 Å². The quantitative estimate of drug-likeness (QED) is 0.500. The van der Waals surface area contributed by atoms with E-state index in [0.29, 0.717) is 23.5 Å². The first-order valence-corrected chi connectivity index (χ1v) is 9.07. The number of unbranched alkanes of at least 4 members (excludes halogenated alkanes) is 1. The van der Waals surface area contributed by atoms with E-state index in [9.17, 15) is 13.2 Å². The van der Waals surface area contributed by atoms with Gasteiger partial charge in [-0.1, -0.05) is 57.7 Å². The van der Waals surface area contributed by atoms with Gasteiger partial charge in [0, 0.05) is 4.88 Å². The van der Waals surface area contributed by atoms with Crippen LogP contribution in [0.4, 0.5) is 13.2 Å². The first-order chi connectivity index (χ1) is 11.0. The summed E-state index contributed by atoms with van der Waals surface area (Å²) >= 11 is 1.46. The number of halogens is 3. The second-order valence-corrected chi connectivity index (χ2v) is 6.92. The lowest BCUT2D eigenvalue weighted by Crippen LogP contribution is -2.13. The highest BCUT2D eigenvalue weighted by Crippen LogP contribution is 2.37. The third-order valence-electron chi connectivity index (χ3n) is 4.27. The molecule has 1 atom stereocenters. The molecule has 0 spiro atoms. The normalized spacial score (nSPS) is 13.3. The predicted octanol–water partition coefficient (Wildman–Crippen LogP) is 7.19. The molecule has 0 amide bonds. The molecule has 0 fully saturated rings. The maximum absolute atomic E-state index is 13.5. The zero-order valence-corrected chi connectivity index (χ0v) is 14.4. The number of alkyl halides is 3. The van der Waals surface area contributed by atoms with E-state index < -0.39 is 11.7 Å². The third kappa shape index (κ3) is 4.84. The molecule has 0 aliphatic carbocycles. The molecule has 0 bridgehead atoms. The van der Waals surface area contributed by atoms with Crippen LogP contribution in [0.1, 0.15) is 50.7 Å². The molecular weight excluding hydrogens is 317 g/mol. The van der Waals surface area contributed by atoms with Crippen molar-refractivity contribution in [3.05, 3.63) is 46.8 Å². The Morgan fingerprint density at radius 1 is 1.13 bits per heavy atom. The minimum atomic E-state index is -4.30. The maximum atomic E-state index is 13.5. The van der Waals surface area contributed by atoms with Crippen molar-refractivity contribution < 1.29 is 13.2 Å². The fraction of sp³-hybridized carbons (Fsp3) is 0.474. The molecule has 1 unspecified atom stereocenters. The Bertz CT molecular complexity index is 600. The van der Waals surface area contributed by atoms with Crippen molar-refractivity contribution in [1.29, 1.82) is 0 Å². The third-order valence-corrected chi connectivity index (χ3v) is 5.19. The second kappa shape index (κ2) is 8.00. The Kier molecular flexibility index (Phi) is 6.28. The van der Waals surface area contributed by atoms with Crippen LogP contribution in [-0.2, 0) is 12.6 Å². The standard InChI is InChI=1S/C19H23F3S/c1-3-5-7-14(4-2)12-15-9-10-16(18-8-6-11-23-18)13-17(15)19(20,21)22/h6,8-11,13-14H,3-5,7,12H2,1-2H3. The van der Waals surface area contributed by atoms with Crippen LogP contribution in [-0.4, -0.2) is 0 Å². The number of benzene rings is 1. The summed E-state index contributed by atoms with van der Waals surface area (Å²) in [5, 5.41) is 1.88. The molecule has 126 valence electrons. The van der Waals surface area contributed by atoms with Crippen molar-refractivity contribution in [2.45, 2.75) is 52.1 Å². The van der Waals surface area contributed by atoms with Gasteiger partial charge < -0.3 is 0 Å². The van der Waals surface area contributed by atoms with E-state index in [4.69, 9.17) is 0 Å². The van der Waals surface area contributed by atoms with E-state index in [1.54, 1.807) is 6.07 Å². The molecule has 0 aliphatic heterocycles. The van der Waals surface area contributed by atoms with Gasteiger partial charge in [0.1, 0.15) is 0 Å². The molecule has 4 heteroatoms. The van der Waals surface area contributed by atoms with Gasteiger partial charge >= 0.3 is 6.18 Å². The lowest BCUT2D eigenvalue weighted by molar-refractivity contribution is -0.138. The van der Waals surface area contributed by atoms with Gasteiger partial charge in [0.05, 0.1) is 5.56 Å². The molecular formula is C19H23F3S. The highest BCUT2D eigenvalue weighted by atomic mass is 32.1. The van der Waals surface area contributed by atoms with Gasteiger partial charge in [-0.3, -0.25) is 0 Å². The van der Waals surface area contributed by atoms with Gasteiger partial charge in [0.2, 0.25) is 0 Å². The van der Waals surface area contributed by atoms with Crippen LogP contribution in [0.2, 0.25) is 0 Å². The van der Waals surface area contributed by atoms with Crippen molar-refractivity contribution in [1.82, 2.24) is 0 Å². The lowest BCUT2D eigenvalue weighted by Gasteiger charge is -2.19. The van der Waals surface area contributed by atoms with E-state index >= 15 is 0 Å². The van der Waals surface area contributed by atoms with Gasteiger partial charge in [-0.2, -0.15) is 13.2 Å². The summed E-state index contributed by atoms with van der Waals surface area (Å²) < 4.78 is 40.4. The molecule has 0 nitrogen and oxygen atoms in total. The zero-order valence-electron chi connectivity index (χ0n) is 13.6. The minimum absolute atomic E-state index is 0.323. The molecule has 23 heavy (non-hydrogen) atoms. The van der Waals surface area contributed by atoms with Gasteiger partial charge in [0.25, 0.3) is 0 Å². The summed E-state index contributed by atoms with van der Waals surface area (Å²) in [4.78, 5) is 0.875. The van der Waals surface area contributed by atoms with Crippen LogP contribution in [0.3, 0.4) is 0 Å². The van der Waals surface area contributed by atoms with E-state index in [1.165, 1.54) is 17.4 Å². The van der Waals surface area contributed by atoms with Crippen LogP contribution in [0.15, 0.2) is 35.7 Å². The van der Waals surface area contributed by atoms with E-state index in [0.717, 1.165) is 30.6 Å². The molecule has 0 N–H and O–H groups in total. The molecule has 2 rings (SSSR count). The van der Waals surface area contributed by atoms with E-state index in [-0.39, 0.29) is 0 Å². The van der Waals surface area contributed by atoms with Crippen molar-refractivity contribution in [2.24, 2.45) is 5.92 Å². The van der Waals surface area contributed by atoms with Gasteiger partial charge in [-0.05, 0) is 41.0 Å². The molecule has 0 saturated carbocycles. The SMILES string of the molecule is CCCCC(CC)Cc1ccc(-c2cccs2)cc1C(F)(F)F.